The number of pyridine rings is 1. The lowest BCUT2D eigenvalue weighted by molar-refractivity contribution is -0.117. The highest BCUT2D eigenvalue weighted by Gasteiger charge is 2.55. The summed E-state index contributed by atoms with van der Waals surface area (Å²) < 4.78 is 7.32. The fourth-order valence-electron chi connectivity index (χ4n) is 6.34. The molecule has 2 aliphatic heterocycles. The predicted octanol–water partition coefficient (Wildman–Crippen LogP) is 3.27. The minimum atomic E-state index is -0.470. The molecule has 0 bridgehead atoms. The van der Waals surface area contributed by atoms with Crippen molar-refractivity contribution in [1.29, 1.82) is 0 Å². The maximum Gasteiger partial charge on any atom is 0.229 e. The molecular weight excluding hydrogens is 504 g/mol. The Hall–Kier alpha value is -2.72. The van der Waals surface area contributed by atoms with Crippen LogP contribution in [0.1, 0.15) is 31.9 Å². The number of carbonyl (C=O) groups is 1. The number of aryl methyl sites for hydroxylation is 1. The minimum absolute atomic E-state index is 0.00348. The number of aliphatic hydroxyl groups is 1. The number of nitrogens with one attached hydrogen (secondary N) is 1. The van der Waals surface area contributed by atoms with Crippen LogP contribution in [0.5, 0.6) is 0 Å². The summed E-state index contributed by atoms with van der Waals surface area (Å²) >= 11 is 6.71. The number of aliphatic hydroxyl groups excluding tert-OH is 1. The highest BCUT2D eigenvalue weighted by atomic mass is 35.5. The van der Waals surface area contributed by atoms with Gasteiger partial charge in [0.2, 0.25) is 5.91 Å². The monoisotopic (exact) mass is 538 g/mol. The van der Waals surface area contributed by atoms with Gasteiger partial charge in [-0.25, -0.2) is 4.98 Å². The molecule has 2 N–H and O–H groups in total. The first-order valence-electron chi connectivity index (χ1n) is 13.4. The van der Waals surface area contributed by atoms with E-state index in [1.807, 2.05) is 31.4 Å². The lowest BCUT2D eigenvalue weighted by Crippen LogP contribution is -2.60. The van der Waals surface area contributed by atoms with Crippen LogP contribution in [-0.4, -0.2) is 81.7 Å². The van der Waals surface area contributed by atoms with E-state index in [-0.39, 0.29) is 23.3 Å². The number of carbonyl (C=O) groups excluding carboxylic acids is 1. The highest BCUT2D eigenvalue weighted by molar-refractivity contribution is 6.34. The summed E-state index contributed by atoms with van der Waals surface area (Å²) in [4.78, 5) is 22.3. The molecule has 1 amide bonds. The molecule has 3 aromatic rings. The van der Waals surface area contributed by atoms with Crippen molar-refractivity contribution in [1.82, 2.24) is 19.7 Å². The van der Waals surface area contributed by atoms with Crippen molar-refractivity contribution in [2.24, 2.45) is 18.9 Å². The molecule has 2 aromatic heterocycles. The number of piperazine rings is 1. The molecule has 0 unspecified atom stereocenters. The molecule has 3 aliphatic rings. The van der Waals surface area contributed by atoms with Gasteiger partial charge < -0.3 is 20.1 Å². The van der Waals surface area contributed by atoms with Crippen LogP contribution >= 0.6 is 11.6 Å². The van der Waals surface area contributed by atoms with Crippen LogP contribution in [0.25, 0.3) is 10.8 Å². The van der Waals surface area contributed by atoms with Gasteiger partial charge in [-0.15, -0.1) is 0 Å². The maximum atomic E-state index is 13.2. The molecule has 5 atom stereocenters. The Kier molecular flexibility index (Phi) is 6.58. The van der Waals surface area contributed by atoms with Crippen molar-refractivity contribution in [3.8, 4) is 0 Å². The summed E-state index contributed by atoms with van der Waals surface area (Å²) in [6, 6.07) is 7.96. The highest BCUT2D eigenvalue weighted by Crippen LogP contribution is 2.55. The van der Waals surface area contributed by atoms with Gasteiger partial charge >= 0.3 is 0 Å². The third kappa shape index (κ3) is 4.45. The zero-order valence-corrected chi connectivity index (χ0v) is 22.9. The van der Waals surface area contributed by atoms with Crippen LogP contribution in [0, 0.1) is 11.8 Å². The van der Waals surface area contributed by atoms with Gasteiger partial charge in [-0.2, -0.15) is 5.10 Å². The lowest BCUT2D eigenvalue weighted by Gasteiger charge is -2.45. The molecule has 9 nitrogen and oxygen atoms in total. The van der Waals surface area contributed by atoms with Gasteiger partial charge in [0.25, 0.3) is 0 Å². The Morgan fingerprint density at radius 2 is 2.03 bits per heavy atom. The molecule has 1 aromatic carbocycles. The smallest absolute Gasteiger partial charge is 0.229 e. The Labute approximate surface area is 227 Å². The average Bonchev–Trinajstić information content (AvgIpc) is 3.33. The number of nitrogens with zero attached hydrogens (tertiary/aromatic N) is 5. The molecule has 38 heavy (non-hydrogen) atoms. The summed E-state index contributed by atoms with van der Waals surface area (Å²) in [6.45, 7) is 8.39. The normalized spacial score (nSPS) is 29.7. The van der Waals surface area contributed by atoms with Gasteiger partial charge in [0.15, 0.2) is 0 Å². The van der Waals surface area contributed by atoms with Crippen molar-refractivity contribution in [3.63, 3.8) is 0 Å². The second-order valence-corrected chi connectivity index (χ2v) is 11.5. The van der Waals surface area contributed by atoms with Crippen LogP contribution < -0.4 is 10.2 Å². The molecule has 10 heteroatoms. The van der Waals surface area contributed by atoms with E-state index in [4.69, 9.17) is 16.3 Å². The van der Waals surface area contributed by atoms with Crippen molar-refractivity contribution >= 4 is 39.8 Å². The number of aromatic nitrogens is 3. The summed E-state index contributed by atoms with van der Waals surface area (Å²) in [5.74, 6) is 0.912. The van der Waals surface area contributed by atoms with Crippen LogP contribution in [0.15, 0.2) is 36.7 Å². The molecule has 4 heterocycles. The van der Waals surface area contributed by atoms with E-state index in [9.17, 15) is 9.90 Å². The Morgan fingerprint density at radius 3 is 2.68 bits per heavy atom. The molecule has 3 fully saturated rings. The largest absolute Gasteiger partial charge is 0.389 e. The van der Waals surface area contributed by atoms with E-state index >= 15 is 0 Å². The van der Waals surface area contributed by atoms with E-state index in [0.29, 0.717) is 30.0 Å². The second-order valence-electron chi connectivity index (χ2n) is 11.1. The minimum Gasteiger partial charge on any atom is -0.389 e. The van der Waals surface area contributed by atoms with Gasteiger partial charge in [-0.3, -0.25) is 14.4 Å². The van der Waals surface area contributed by atoms with E-state index in [1.165, 1.54) is 0 Å². The lowest BCUT2D eigenvalue weighted by atomic mass is 9.95. The SMILES string of the molecule is CC[C@@H]1[C@@H](C(=O)Nc2cc3cc(N4CCN([C@]5(C)COC[C@@H]5O)CC4)c(Cl)cc3cn2)[C@@H]1c1ccn(C)n1. The van der Waals surface area contributed by atoms with Gasteiger partial charge in [0.05, 0.1) is 47.2 Å². The zero-order chi connectivity index (χ0) is 26.6. The summed E-state index contributed by atoms with van der Waals surface area (Å²) in [7, 11) is 1.90. The number of hydrogen-bond donors (Lipinski definition) is 2. The topological polar surface area (TPSA) is 95.8 Å². The van der Waals surface area contributed by atoms with Crippen molar-refractivity contribution in [2.75, 3.05) is 49.6 Å². The molecule has 2 saturated heterocycles. The maximum absolute atomic E-state index is 13.2. The molecule has 6 rings (SSSR count). The van der Waals surface area contributed by atoms with E-state index in [2.05, 4.69) is 45.1 Å². The van der Waals surface area contributed by atoms with Crippen molar-refractivity contribution in [2.45, 2.75) is 37.8 Å². The van der Waals surface area contributed by atoms with Gasteiger partial charge in [-0.1, -0.05) is 24.9 Å². The van der Waals surface area contributed by atoms with E-state index in [1.54, 1.807) is 10.9 Å². The quantitative estimate of drug-likeness (QED) is 0.497. The summed E-state index contributed by atoms with van der Waals surface area (Å²) in [5, 5.41) is 20.6. The molecule has 1 aliphatic carbocycles. The zero-order valence-electron chi connectivity index (χ0n) is 22.1. The standard InChI is InChI=1S/C28H35ClN6O3/c1-4-19-25(21-5-6-33(3)32-21)26(19)27(37)31-24-13-17-12-22(20(29)11-18(17)14-30-24)34-7-9-35(10-8-34)28(2)16-38-15-23(28)36/h5-6,11-14,19,23,25-26,36H,4,7-10,15-16H2,1-3H3,(H,30,31,37)/t19-,23-,25-,26+,28+/m0/s1. The Balaban J connectivity index is 1.16. The molecule has 1 saturated carbocycles. The Morgan fingerprint density at radius 1 is 1.24 bits per heavy atom. The molecule has 0 spiro atoms. The molecular formula is C28H35ClN6O3. The first kappa shape index (κ1) is 25.6. The van der Waals surface area contributed by atoms with Gasteiger partial charge in [0.1, 0.15) is 5.82 Å². The first-order valence-corrected chi connectivity index (χ1v) is 13.8. The van der Waals surface area contributed by atoms with Crippen LogP contribution in [-0.2, 0) is 16.6 Å². The fraction of sp³-hybridized carbons (Fsp3) is 0.536. The number of ether oxygens (including phenoxy) is 1. The second kappa shape index (κ2) is 9.79. The van der Waals surface area contributed by atoms with Crippen LogP contribution in [0.2, 0.25) is 5.02 Å². The molecule has 0 radical (unpaired) electrons. The summed E-state index contributed by atoms with van der Waals surface area (Å²) in [5.41, 5.74) is 1.61. The van der Waals surface area contributed by atoms with Crippen LogP contribution in [0.3, 0.4) is 0 Å². The van der Waals surface area contributed by atoms with Crippen molar-refractivity contribution in [3.05, 3.63) is 47.4 Å². The van der Waals surface area contributed by atoms with Crippen molar-refractivity contribution < 1.29 is 14.6 Å². The van der Waals surface area contributed by atoms with Gasteiger partial charge in [0, 0.05) is 56.9 Å². The number of hydrogen-bond acceptors (Lipinski definition) is 7. The Bertz CT molecular complexity index is 1360. The van der Waals surface area contributed by atoms with Crippen LogP contribution in [0.4, 0.5) is 11.5 Å². The summed E-state index contributed by atoms with van der Waals surface area (Å²) in [6.07, 6.45) is 4.16. The number of anilines is 2. The number of amides is 1. The van der Waals surface area contributed by atoms with E-state index in [0.717, 1.165) is 54.8 Å². The van der Waals surface area contributed by atoms with Gasteiger partial charge in [-0.05, 0) is 42.5 Å². The van der Waals surface area contributed by atoms with E-state index < -0.39 is 6.10 Å². The molecule has 202 valence electrons. The average molecular weight is 539 g/mol. The first-order chi connectivity index (χ1) is 18.3. The third-order valence-corrected chi connectivity index (χ3v) is 9.09. The predicted molar refractivity (Wildman–Crippen MR) is 148 cm³/mol. The number of benzene rings is 1. The fourth-order valence-corrected chi connectivity index (χ4v) is 6.63. The number of fused-ring (bicyclic) bond motifs is 1. The number of rotatable bonds is 6. The number of halogens is 1. The third-order valence-electron chi connectivity index (χ3n) is 8.79.